The molecule has 0 unspecified atom stereocenters. The van der Waals surface area contributed by atoms with Crippen LogP contribution in [0.5, 0.6) is 0 Å². The number of nitrogens with zero attached hydrogens (tertiary/aromatic N) is 2. The van der Waals surface area contributed by atoms with Crippen molar-refractivity contribution in [1.29, 1.82) is 0 Å². The third-order valence-electron chi connectivity index (χ3n) is 5.07. The summed E-state index contributed by atoms with van der Waals surface area (Å²) in [5.41, 5.74) is 2.46. The van der Waals surface area contributed by atoms with Crippen molar-refractivity contribution in [3.8, 4) is 11.3 Å². The van der Waals surface area contributed by atoms with Gasteiger partial charge in [-0.2, -0.15) is 0 Å². The van der Waals surface area contributed by atoms with Gasteiger partial charge in [-0.25, -0.2) is 0 Å². The molecule has 0 amide bonds. The van der Waals surface area contributed by atoms with Crippen molar-refractivity contribution < 1.29 is 5.11 Å². The molecule has 1 aromatic carbocycles. The van der Waals surface area contributed by atoms with Crippen LogP contribution in [0.3, 0.4) is 0 Å². The molecule has 3 saturated heterocycles. The molecule has 0 aliphatic carbocycles. The third kappa shape index (κ3) is 2.17. The predicted molar refractivity (Wildman–Crippen MR) is 82.7 cm³/mol. The van der Waals surface area contributed by atoms with Crippen molar-refractivity contribution in [1.82, 2.24) is 9.88 Å². The summed E-state index contributed by atoms with van der Waals surface area (Å²) >= 11 is 0. The first-order chi connectivity index (χ1) is 10.3. The molecule has 5 rings (SSSR count). The highest BCUT2D eigenvalue weighted by atomic mass is 16.3. The molecule has 0 spiro atoms. The van der Waals surface area contributed by atoms with Crippen molar-refractivity contribution in [3.63, 3.8) is 0 Å². The summed E-state index contributed by atoms with van der Waals surface area (Å²) in [5, 5.41) is 11.1. The molecule has 2 aromatic rings. The molecule has 1 atom stereocenters. The number of benzene rings is 1. The molecule has 0 radical (unpaired) electrons. The highest BCUT2D eigenvalue weighted by Crippen LogP contribution is 2.42. The number of piperidine rings is 3. The lowest BCUT2D eigenvalue weighted by Crippen LogP contribution is -2.57. The topological polar surface area (TPSA) is 36.4 Å². The fourth-order valence-corrected chi connectivity index (χ4v) is 3.83. The van der Waals surface area contributed by atoms with Crippen LogP contribution in [-0.4, -0.2) is 34.6 Å². The Morgan fingerprint density at radius 3 is 2.38 bits per heavy atom. The second-order valence-electron chi connectivity index (χ2n) is 6.27. The molecule has 0 saturated carbocycles. The average Bonchev–Trinajstić information content (AvgIpc) is 2.57. The van der Waals surface area contributed by atoms with Gasteiger partial charge in [-0.3, -0.25) is 4.98 Å². The molecule has 3 fully saturated rings. The highest BCUT2D eigenvalue weighted by molar-refractivity contribution is 5.59. The van der Waals surface area contributed by atoms with Crippen LogP contribution in [0.2, 0.25) is 0 Å². The van der Waals surface area contributed by atoms with Crippen LogP contribution in [0.15, 0.2) is 48.7 Å². The molecule has 3 nitrogen and oxygen atoms in total. The Morgan fingerprint density at radius 1 is 1.05 bits per heavy atom. The van der Waals surface area contributed by atoms with E-state index >= 15 is 0 Å². The maximum Gasteiger partial charge on any atom is 0.105 e. The van der Waals surface area contributed by atoms with E-state index in [0.29, 0.717) is 5.92 Å². The minimum absolute atomic E-state index is 0.406. The summed E-state index contributed by atoms with van der Waals surface area (Å²) in [7, 11) is 0. The number of fused-ring (bicyclic) bond motifs is 3. The van der Waals surface area contributed by atoms with Gasteiger partial charge >= 0.3 is 0 Å². The zero-order valence-electron chi connectivity index (χ0n) is 12.1. The maximum atomic E-state index is 11.1. The average molecular weight is 280 g/mol. The Hall–Kier alpha value is -1.71. The van der Waals surface area contributed by atoms with Gasteiger partial charge in [0.15, 0.2) is 0 Å². The number of hydrogen-bond acceptors (Lipinski definition) is 3. The van der Waals surface area contributed by atoms with Gasteiger partial charge in [0.25, 0.3) is 0 Å². The van der Waals surface area contributed by atoms with Gasteiger partial charge in [0.05, 0.1) is 5.69 Å². The summed E-state index contributed by atoms with van der Waals surface area (Å²) in [6.07, 6.45) is 4.03. The number of pyridine rings is 1. The smallest absolute Gasteiger partial charge is 0.105 e. The lowest BCUT2D eigenvalue weighted by Gasteiger charge is -2.50. The fraction of sp³-hybridized carbons (Fsp3) is 0.389. The second-order valence-corrected chi connectivity index (χ2v) is 6.27. The SMILES string of the molecule is O[C@@]1(c2ccc(-c3ccccn3)cc2)CN2CCC1CC2. The summed E-state index contributed by atoms with van der Waals surface area (Å²) in [6.45, 7) is 3.05. The lowest BCUT2D eigenvalue weighted by molar-refractivity contribution is -0.117. The fourth-order valence-electron chi connectivity index (χ4n) is 3.83. The van der Waals surface area contributed by atoms with Gasteiger partial charge in [0, 0.05) is 18.3 Å². The Kier molecular flexibility index (Phi) is 3.05. The Balaban J connectivity index is 1.65. The molecular formula is C18H20N2O. The zero-order valence-corrected chi connectivity index (χ0v) is 12.1. The van der Waals surface area contributed by atoms with Crippen molar-refractivity contribution in [2.75, 3.05) is 19.6 Å². The minimum atomic E-state index is -0.668. The summed E-state index contributed by atoms with van der Waals surface area (Å²) in [4.78, 5) is 6.76. The predicted octanol–water partition coefficient (Wildman–Crippen LogP) is 2.66. The van der Waals surface area contributed by atoms with E-state index in [9.17, 15) is 5.11 Å². The van der Waals surface area contributed by atoms with Gasteiger partial charge in [0.2, 0.25) is 0 Å². The highest BCUT2D eigenvalue weighted by Gasteiger charge is 2.46. The first-order valence-electron chi connectivity index (χ1n) is 7.72. The van der Waals surface area contributed by atoms with Crippen molar-refractivity contribution in [2.24, 2.45) is 5.92 Å². The first kappa shape index (κ1) is 13.0. The Labute approximate surface area is 125 Å². The van der Waals surface area contributed by atoms with Crippen molar-refractivity contribution in [3.05, 3.63) is 54.2 Å². The summed E-state index contributed by atoms with van der Waals surface area (Å²) in [6, 6.07) is 14.2. The molecule has 21 heavy (non-hydrogen) atoms. The molecule has 3 aliphatic rings. The number of hydrogen-bond donors (Lipinski definition) is 1. The second kappa shape index (κ2) is 4.93. The maximum absolute atomic E-state index is 11.1. The number of rotatable bonds is 2. The molecule has 1 N–H and O–H groups in total. The lowest BCUT2D eigenvalue weighted by atomic mass is 9.71. The first-order valence-corrected chi connectivity index (χ1v) is 7.72. The Bertz CT molecular complexity index is 617. The van der Waals surface area contributed by atoms with E-state index in [0.717, 1.165) is 49.3 Å². The van der Waals surface area contributed by atoms with E-state index in [-0.39, 0.29) is 0 Å². The van der Waals surface area contributed by atoms with E-state index < -0.39 is 5.60 Å². The quantitative estimate of drug-likeness (QED) is 0.919. The summed E-state index contributed by atoms with van der Waals surface area (Å²) in [5.74, 6) is 0.406. The largest absolute Gasteiger partial charge is 0.384 e. The number of aromatic nitrogens is 1. The van der Waals surface area contributed by atoms with Gasteiger partial charge in [0.1, 0.15) is 5.60 Å². The van der Waals surface area contributed by atoms with Crippen LogP contribution in [-0.2, 0) is 5.60 Å². The molecule has 3 aliphatic heterocycles. The minimum Gasteiger partial charge on any atom is -0.384 e. The van der Waals surface area contributed by atoms with Crippen LogP contribution in [0.4, 0.5) is 0 Å². The third-order valence-corrected chi connectivity index (χ3v) is 5.07. The monoisotopic (exact) mass is 280 g/mol. The van der Waals surface area contributed by atoms with E-state index in [1.165, 1.54) is 0 Å². The van der Waals surface area contributed by atoms with E-state index in [4.69, 9.17) is 0 Å². The molecule has 1 aromatic heterocycles. The molecule has 3 heteroatoms. The molecular weight excluding hydrogens is 260 g/mol. The van der Waals surface area contributed by atoms with Crippen LogP contribution in [0.1, 0.15) is 18.4 Å². The molecule has 2 bridgehead atoms. The normalized spacial score (nSPS) is 31.3. The van der Waals surface area contributed by atoms with E-state index in [2.05, 4.69) is 34.1 Å². The number of aliphatic hydroxyl groups is 1. The van der Waals surface area contributed by atoms with Gasteiger partial charge in [-0.1, -0.05) is 30.3 Å². The van der Waals surface area contributed by atoms with E-state index in [1.54, 1.807) is 0 Å². The van der Waals surface area contributed by atoms with E-state index in [1.807, 2.05) is 24.4 Å². The molecule has 4 heterocycles. The van der Waals surface area contributed by atoms with Gasteiger partial charge in [-0.05, 0) is 49.5 Å². The molecule has 108 valence electrons. The van der Waals surface area contributed by atoms with Crippen LogP contribution in [0, 0.1) is 5.92 Å². The van der Waals surface area contributed by atoms with Crippen molar-refractivity contribution in [2.45, 2.75) is 18.4 Å². The Morgan fingerprint density at radius 2 is 1.81 bits per heavy atom. The van der Waals surface area contributed by atoms with Crippen LogP contribution >= 0.6 is 0 Å². The van der Waals surface area contributed by atoms with Gasteiger partial charge < -0.3 is 10.0 Å². The summed E-state index contributed by atoms with van der Waals surface area (Å²) < 4.78 is 0. The zero-order chi connectivity index (χ0) is 14.3. The van der Waals surface area contributed by atoms with Crippen LogP contribution in [0.25, 0.3) is 11.3 Å². The van der Waals surface area contributed by atoms with Gasteiger partial charge in [-0.15, -0.1) is 0 Å². The van der Waals surface area contributed by atoms with Crippen molar-refractivity contribution >= 4 is 0 Å². The van der Waals surface area contributed by atoms with Crippen LogP contribution < -0.4 is 0 Å². The standard InChI is InChI=1S/C18H20N2O/c21-18(13-20-11-8-16(18)9-12-20)15-6-4-14(5-7-15)17-3-1-2-10-19-17/h1-7,10,16,21H,8-9,11-13H2/t18-/m1/s1.